The van der Waals surface area contributed by atoms with Crippen LogP contribution in [0.15, 0.2) is 34.9 Å². The van der Waals surface area contributed by atoms with Crippen molar-refractivity contribution in [1.29, 1.82) is 0 Å². The van der Waals surface area contributed by atoms with E-state index in [9.17, 15) is 14.9 Å². The predicted octanol–water partition coefficient (Wildman–Crippen LogP) is 2.63. The van der Waals surface area contributed by atoms with E-state index in [1.54, 1.807) is 25.3 Å². The molecule has 146 valence electrons. The Kier molecular flexibility index (Phi) is 6.78. The van der Waals surface area contributed by atoms with Crippen molar-refractivity contribution in [3.8, 4) is 11.5 Å². The highest BCUT2D eigenvalue weighted by atomic mass is 16.6. The van der Waals surface area contributed by atoms with Gasteiger partial charge in [-0.2, -0.15) is 0 Å². The number of carbonyl (C=O) groups is 1. The zero-order chi connectivity index (χ0) is 20.0. The molecule has 1 heterocycles. The Bertz CT molecular complexity index is 789. The molecule has 1 aromatic carbocycles. The molecule has 0 aliphatic carbocycles. The summed E-state index contributed by atoms with van der Waals surface area (Å²) in [6, 6.07) is 5.87. The normalized spacial score (nSPS) is 11.9. The van der Waals surface area contributed by atoms with Crippen LogP contribution < -0.4 is 14.8 Å². The first kappa shape index (κ1) is 20.2. The molecule has 1 unspecified atom stereocenters. The van der Waals surface area contributed by atoms with Gasteiger partial charge in [-0.05, 0) is 33.2 Å². The summed E-state index contributed by atoms with van der Waals surface area (Å²) in [5.74, 6) is 0.563. The lowest BCUT2D eigenvalue weighted by molar-refractivity contribution is -0.385. The number of carbonyl (C=O) groups excluding carboxylic acids is 1. The number of hydrogen-bond donors (Lipinski definition) is 1. The second kappa shape index (κ2) is 9.04. The van der Waals surface area contributed by atoms with E-state index in [1.165, 1.54) is 19.2 Å². The van der Waals surface area contributed by atoms with Crippen LogP contribution in [0.2, 0.25) is 0 Å². The van der Waals surface area contributed by atoms with Crippen molar-refractivity contribution in [1.82, 2.24) is 10.2 Å². The van der Waals surface area contributed by atoms with E-state index in [2.05, 4.69) is 5.32 Å². The molecular formula is C18H23N3O6. The van der Waals surface area contributed by atoms with Crippen molar-refractivity contribution in [2.45, 2.75) is 13.0 Å². The van der Waals surface area contributed by atoms with Gasteiger partial charge in [0.05, 0.1) is 37.0 Å². The smallest absolute Gasteiger partial charge is 0.286 e. The molecule has 9 nitrogen and oxygen atoms in total. The maximum Gasteiger partial charge on any atom is 0.286 e. The first-order valence-electron chi connectivity index (χ1n) is 8.36. The van der Waals surface area contributed by atoms with Gasteiger partial charge in [-0.25, -0.2) is 0 Å². The summed E-state index contributed by atoms with van der Waals surface area (Å²) in [6.45, 7) is 2.28. The van der Waals surface area contributed by atoms with Gasteiger partial charge in [0, 0.05) is 12.6 Å². The van der Waals surface area contributed by atoms with Gasteiger partial charge >= 0.3 is 0 Å². The van der Waals surface area contributed by atoms with Crippen molar-refractivity contribution in [3.63, 3.8) is 0 Å². The molecule has 0 bridgehead atoms. The van der Waals surface area contributed by atoms with E-state index in [4.69, 9.17) is 13.9 Å². The average molecular weight is 377 g/mol. The van der Waals surface area contributed by atoms with E-state index in [0.717, 1.165) is 0 Å². The molecule has 0 radical (unpaired) electrons. The number of furan rings is 1. The molecule has 0 saturated carbocycles. The Morgan fingerprint density at radius 3 is 2.63 bits per heavy atom. The lowest BCUT2D eigenvalue weighted by atomic mass is 10.1. The number of amides is 1. The van der Waals surface area contributed by atoms with Gasteiger partial charge < -0.3 is 19.2 Å². The summed E-state index contributed by atoms with van der Waals surface area (Å²) < 4.78 is 15.9. The molecule has 2 aromatic rings. The second-order valence-corrected chi connectivity index (χ2v) is 5.92. The summed E-state index contributed by atoms with van der Waals surface area (Å²) in [7, 11) is 5.10. The van der Waals surface area contributed by atoms with Crippen LogP contribution in [0, 0.1) is 10.1 Å². The molecule has 1 amide bonds. The summed E-state index contributed by atoms with van der Waals surface area (Å²) in [6.07, 6.45) is 1.55. The maximum atomic E-state index is 12.6. The molecule has 0 aliphatic rings. The maximum absolute atomic E-state index is 12.6. The minimum absolute atomic E-state index is 0.0998. The summed E-state index contributed by atoms with van der Waals surface area (Å²) in [5, 5.41) is 14.1. The molecule has 2 rings (SSSR count). The summed E-state index contributed by atoms with van der Waals surface area (Å²) in [5.41, 5.74) is -0.451. The van der Waals surface area contributed by atoms with Crippen LogP contribution in [0.5, 0.6) is 11.5 Å². The monoisotopic (exact) mass is 377 g/mol. The Morgan fingerprint density at radius 2 is 2.11 bits per heavy atom. The summed E-state index contributed by atoms with van der Waals surface area (Å²) in [4.78, 5) is 25.3. The average Bonchev–Trinajstić information content (AvgIpc) is 3.15. The van der Waals surface area contributed by atoms with E-state index in [-0.39, 0.29) is 35.3 Å². The third kappa shape index (κ3) is 4.76. The SMILES string of the molecule is CCOc1cc([N+](=O)[O-])c(C(=O)NCC(c2ccco2)N(C)C)cc1OC. The molecule has 1 N–H and O–H groups in total. The van der Waals surface area contributed by atoms with Gasteiger partial charge in [0.25, 0.3) is 11.6 Å². The number of nitro benzene ring substituents is 1. The third-order valence-electron chi connectivity index (χ3n) is 3.97. The fourth-order valence-electron chi connectivity index (χ4n) is 2.61. The Labute approximate surface area is 157 Å². The number of benzene rings is 1. The van der Waals surface area contributed by atoms with Gasteiger partial charge in [0.1, 0.15) is 11.3 Å². The number of nitrogens with one attached hydrogen (secondary N) is 1. The predicted molar refractivity (Wildman–Crippen MR) is 98.3 cm³/mol. The molecule has 27 heavy (non-hydrogen) atoms. The Morgan fingerprint density at radius 1 is 1.37 bits per heavy atom. The van der Waals surface area contributed by atoms with Crippen molar-refractivity contribution < 1.29 is 23.6 Å². The van der Waals surface area contributed by atoms with Crippen LogP contribution in [0.1, 0.15) is 29.1 Å². The van der Waals surface area contributed by atoms with Crippen LogP contribution in [0.3, 0.4) is 0 Å². The van der Waals surface area contributed by atoms with Gasteiger partial charge in [-0.15, -0.1) is 0 Å². The minimum Gasteiger partial charge on any atom is -0.493 e. The number of likely N-dealkylation sites (N-methyl/N-ethyl adjacent to an activating group) is 1. The standard InChI is InChI=1S/C18H23N3O6/c1-5-26-17-10-13(21(23)24)12(9-16(17)25-4)18(22)19-11-14(20(2)3)15-7-6-8-27-15/h6-10,14H,5,11H2,1-4H3,(H,19,22). The van der Waals surface area contributed by atoms with Crippen molar-refractivity contribution >= 4 is 11.6 Å². The van der Waals surface area contributed by atoms with E-state index in [1.807, 2.05) is 19.0 Å². The fraction of sp³-hybridized carbons (Fsp3) is 0.389. The molecule has 0 saturated heterocycles. The second-order valence-electron chi connectivity index (χ2n) is 5.92. The molecule has 1 aromatic heterocycles. The number of methoxy groups -OCH3 is 1. The number of hydrogen-bond acceptors (Lipinski definition) is 7. The lowest BCUT2D eigenvalue weighted by Crippen LogP contribution is -2.34. The minimum atomic E-state index is -0.618. The van der Waals surface area contributed by atoms with Gasteiger partial charge in [-0.1, -0.05) is 0 Å². The Balaban J connectivity index is 2.27. The quantitative estimate of drug-likeness (QED) is 0.529. The number of nitro groups is 1. The van der Waals surface area contributed by atoms with Crippen LogP contribution in [-0.4, -0.2) is 50.1 Å². The summed E-state index contributed by atoms with van der Waals surface area (Å²) >= 11 is 0. The first-order valence-corrected chi connectivity index (χ1v) is 8.36. The van der Waals surface area contributed by atoms with Crippen LogP contribution >= 0.6 is 0 Å². The first-order chi connectivity index (χ1) is 12.9. The topological polar surface area (TPSA) is 107 Å². The molecule has 0 aliphatic heterocycles. The van der Waals surface area contributed by atoms with Crippen molar-refractivity contribution in [2.24, 2.45) is 0 Å². The van der Waals surface area contributed by atoms with Crippen LogP contribution in [0.4, 0.5) is 5.69 Å². The largest absolute Gasteiger partial charge is 0.493 e. The molecule has 0 fully saturated rings. The lowest BCUT2D eigenvalue weighted by Gasteiger charge is -2.22. The van der Waals surface area contributed by atoms with Gasteiger partial charge in [0.15, 0.2) is 11.5 Å². The number of nitrogens with zero attached hydrogens (tertiary/aromatic N) is 2. The highest BCUT2D eigenvalue weighted by Crippen LogP contribution is 2.34. The van der Waals surface area contributed by atoms with Crippen molar-refractivity contribution in [3.05, 3.63) is 52.0 Å². The van der Waals surface area contributed by atoms with E-state index in [0.29, 0.717) is 12.4 Å². The molecule has 9 heteroatoms. The zero-order valence-electron chi connectivity index (χ0n) is 15.7. The Hall–Kier alpha value is -3.07. The number of rotatable bonds is 9. The molecule has 1 atom stereocenters. The van der Waals surface area contributed by atoms with Gasteiger partial charge in [0.2, 0.25) is 0 Å². The molecular weight excluding hydrogens is 354 g/mol. The van der Waals surface area contributed by atoms with E-state index < -0.39 is 10.8 Å². The molecule has 0 spiro atoms. The van der Waals surface area contributed by atoms with Gasteiger partial charge in [-0.3, -0.25) is 19.8 Å². The highest BCUT2D eigenvalue weighted by Gasteiger charge is 2.26. The van der Waals surface area contributed by atoms with Crippen LogP contribution in [0.25, 0.3) is 0 Å². The number of ether oxygens (including phenoxy) is 2. The highest BCUT2D eigenvalue weighted by molar-refractivity contribution is 5.99. The third-order valence-corrected chi connectivity index (χ3v) is 3.97. The van der Waals surface area contributed by atoms with Crippen LogP contribution in [-0.2, 0) is 0 Å². The van der Waals surface area contributed by atoms with Crippen molar-refractivity contribution in [2.75, 3.05) is 34.4 Å². The fourth-order valence-corrected chi connectivity index (χ4v) is 2.61. The van der Waals surface area contributed by atoms with E-state index >= 15 is 0 Å². The zero-order valence-corrected chi connectivity index (χ0v) is 15.7.